The fourth-order valence-electron chi connectivity index (χ4n) is 2.57. The van der Waals surface area contributed by atoms with Gasteiger partial charge in [0.15, 0.2) is 5.96 Å². The lowest BCUT2D eigenvalue weighted by molar-refractivity contribution is -0.176. The van der Waals surface area contributed by atoms with Crippen LogP contribution in [0.15, 0.2) is 41.7 Å². The Balaban J connectivity index is 0.00000450. The Morgan fingerprint density at radius 2 is 1.87 bits per heavy atom. The summed E-state index contributed by atoms with van der Waals surface area (Å²) in [5, 5.41) is 10.8. The Hall–Kier alpha value is -1.82. The van der Waals surface area contributed by atoms with Gasteiger partial charge in [-0.05, 0) is 37.0 Å². The Labute approximate surface area is 192 Å². The van der Waals surface area contributed by atoms with Gasteiger partial charge in [0.05, 0.1) is 19.3 Å². The molecule has 0 saturated heterocycles. The van der Waals surface area contributed by atoms with Crippen LogP contribution >= 0.6 is 24.0 Å². The topological polar surface area (TPSA) is 63.5 Å². The van der Waals surface area contributed by atoms with E-state index < -0.39 is 12.8 Å². The number of aliphatic imine (C=N–C) groups is 1. The number of halogens is 4. The minimum Gasteiger partial charge on any atom is -0.367 e. The van der Waals surface area contributed by atoms with Crippen molar-refractivity contribution in [1.82, 2.24) is 20.4 Å². The molecule has 0 atom stereocenters. The second kappa shape index (κ2) is 13.5. The molecular formula is C20H29F3IN5O. The van der Waals surface area contributed by atoms with E-state index in [9.17, 15) is 13.2 Å². The molecule has 2 aromatic rings. The van der Waals surface area contributed by atoms with E-state index in [1.807, 2.05) is 43.1 Å². The van der Waals surface area contributed by atoms with Crippen LogP contribution in [0.4, 0.5) is 13.2 Å². The Morgan fingerprint density at radius 1 is 1.17 bits per heavy atom. The standard InChI is InChI=1S/C20H28F3N5O.HI/c1-3-24-19(25-9-4-10-28-13-16(2)11-27-28)26-12-17-5-7-18(8-6-17)14-29-15-20(21,22)23;/h5-8,11,13H,3-4,9-10,12,14-15H2,1-2H3,(H2,24,25,26);1H. The van der Waals surface area contributed by atoms with Crippen LogP contribution in [0.2, 0.25) is 0 Å². The van der Waals surface area contributed by atoms with Crippen LogP contribution < -0.4 is 10.6 Å². The predicted molar refractivity (Wildman–Crippen MR) is 122 cm³/mol. The van der Waals surface area contributed by atoms with Crippen molar-refractivity contribution in [2.45, 2.75) is 46.1 Å². The van der Waals surface area contributed by atoms with Crippen LogP contribution in [0.25, 0.3) is 0 Å². The highest BCUT2D eigenvalue weighted by atomic mass is 127. The van der Waals surface area contributed by atoms with Gasteiger partial charge in [0.1, 0.15) is 6.61 Å². The summed E-state index contributed by atoms with van der Waals surface area (Å²) >= 11 is 0. The smallest absolute Gasteiger partial charge is 0.367 e. The largest absolute Gasteiger partial charge is 0.411 e. The average molecular weight is 539 g/mol. The van der Waals surface area contributed by atoms with Gasteiger partial charge in [0.25, 0.3) is 0 Å². The SMILES string of the molecule is CCNC(=NCc1ccc(COCC(F)(F)F)cc1)NCCCn1cc(C)cn1.I. The van der Waals surface area contributed by atoms with Crippen molar-refractivity contribution in [3.63, 3.8) is 0 Å². The average Bonchev–Trinajstić information content (AvgIpc) is 3.08. The van der Waals surface area contributed by atoms with E-state index in [1.165, 1.54) is 0 Å². The lowest BCUT2D eigenvalue weighted by Gasteiger charge is -2.11. The van der Waals surface area contributed by atoms with E-state index in [2.05, 4.69) is 25.5 Å². The fourth-order valence-corrected chi connectivity index (χ4v) is 2.57. The molecule has 2 N–H and O–H groups in total. The molecule has 0 unspecified atom stereocenters. The molecule has 2 rings (SSSR count). The van der Waals surface area contributed by atoms with Gasteiger partial charge in [0, 0.05) is 25.8 Å². The maximum Gasteiger partial charge on any atom is 0.411 e. The highest BCUT2D eigenvalue weighted by molar-refractivity contribution is 14.0. The van der Waals surface area contributed by atoms with E-state index in [-0.39, 0.29) is 30.6 Å². The second-order valence-corrected chi connectivity index (χ2v) is 6.68. The van der Waals surface area contributed by atoms with E-state index in [4.69, 9.17) is 0 Å². The predicted octanol–water partition coefficient (Wildman–Crippen LogP) is 4.03. The molecule has 0 aliphatic carbocycles. The molecule has 0 spiro atoms. The van der Waals surface area contributed by atoms with Crippen molar-refractivity contribution in [2.75, 3.05) is 19.7 Å². The molecule has 1 aromatic carbocycles. The van der Waals surface area contributed by atoms with Gasteiger partial charge in [-0.15, -0.1) is 24.0 Å². The Bertz CT molecular complexity index is 763. The Kier molecular flexibility index (Phi) is 11.8. The first-order valence-electron chi connectivity index (χ1n) is 9.59. The number of alkyl halides is 3. The van der Waals surface area contributed by atoms with Crippen molar-refractivity contribution in [3.8, 4) is 0 Å². The van der Waals surface area contributed by atoms with Crippen LogP contribution in [0, 0.1) is 6.92 Å². The first-order valence-corrected chi connectivity index (χ1v) is 9.59. The number of aromatic nitrogens is 2. The second-order valence-electron chi connectivity index (χ2n) is 6.68. The summed E-state index contributed by atoms with van der Waals surface area (Å²) in [7, 11) is 0. The van der Waals surface area contributed by atoms with Crippen LogP contribution in [-0.4, -0.2) is 41.6 Å². The summed E-state index contributed by atoms with van der Waals surface area (Å²) in [5.41, 5.74) is 2.81. The molecular weight excluding hydrogens is 510 g/mol. The van der Waals surface area contributed by atoms with Crippen molar-refractivity contribution in [2.24, 2.45) is 4.99 Å². The maximum atomic E-state index is 12.1. The third-order valence-corrected chi connectivity index (χ3v) is 3.94. The highest BCUT2D eigenvalue weighted by Crippen LogP contribution is 2.16. The van der Waals surface area contributed by atoms with E-state index in [0.717, 1.165) is 43.1 Å². The van der Waals surface area contributed by atoms with Gasteiger partial charge in [-0.1, -0.05) is 24.3 Å². The van der Waals surface area contributed by atoms with Gasteiger partial charge in [0.2, 0.25) is 0 Å². The molecule has 1 aromatic heterocycles. The molecule has 0 amide bonds. The zero-order chi connectivity index (χ0) is 21.1. The molecule has 0 radical (unpaired) electrons. The number of hydrogen-bond donors (Lipinski definition) is 2. The van der Waals surface area contributed by atoms with Gasteiger partial charge in [-0.25, -0.2) is 4.99 Å². The molecule has 10 heteroatoms. The van der Waals surface area contributed by atoms with Crippen molar-refractivity contribution in [1.29, 1.82) is 0 Å². The number of guanidine groups is 1. The zero-order valence-corrected chi connectivity index (χ0v) is 19.5. The minimum atomic E-state index is -4.30. The number of ether oxygens (including phenoxy) is 1. The highest BCUT2D eigenvalue weighted by Gasteiger charge is 2.27. The van der Waals surface area contributed by atoms with Gasteiger partial charge in [-0.3, -0.25) is 4.68 Å². The van der Waals surface area contributed by atoms with E-state index in [1.54, 1.807) is 12.1 Å². The first kappa shape index (κ1) is 26.2. The third kappa shape index (κ3) is 10.8. The number of aryl methyl sites for hydroxylation is 2. The third-order valence-electron chi connectivity index (χ3n) is 3.94. The van der Waals surface area contributed by atoms with Crippen molar-refractivity contribution < 1.29 is 17.9 Å². The number of benzene rings is 1. The van der Waals surface area contributed by atoms with Gasteiger partial charge in [-0.2, -0.15) is 18.3 Å². The number of hydrogen-bond acceptors (Lipinski definition) is 3. The van der Waals surface area contributed by atoms with Crippen LogP contribution in [0.5, 0.6) is 0 Å². The van der Waals surface area contributed by atoms with Crippen molar-refractivity contribution in [3.05, 3.63) is 53.3 Å². The summed E-state index contributed by atoms with van der Waals surface area (Å²) in [5.74, 6) is 0.724. The van der Waals surface area contributed by atoms with Crippen molar-refractivity contribution >= 4 is 29.9 Å². The molecule has 6 nitrogen and oxygen atoms in total. The summed E-state index contributed by atoms with van der Waals surface area (Å²) < 4.78 is 42.9. The number of nitrogens with zero attached hydrogens (tertiary/aromatic N) is 3. The van der Waals surface area contributed by atoms with Crippen LogP contribution in [-0.2, 0) is 24.4 Å². The zero-order valence-electron chi connectivity index (χ0n) is 17.2. The van der Waals surface area contributed by atoms with Gasteiger partial charge >= 0.3 is 6.18 Å². The monoisotopic (exact) mass is 539 g/mol. The first-order chi connectivity index (χ1) is 13.9. The minimum absolute atomic E-state index is 0. The molecule has 1 heterocycles. The summed E-state index contributed by atoms with van der Waals surface area (Å²) in [6.45, 7) is 5.52. The molecule has 168 valence electrons. The quantitative estimate of drug-likeness (QED) is 0.207. The lowest BCUT2D eigenvalue weighted by Crippen LogP contribution is -2.38. The van der Waals surface area contributed by atoms with Crippen LogP contribution in [0.1, 0.15) is 30.0 Å². The maximum absolute atomic E-state index is 12.1. The fraction of sp³-hybridized carbons (Fsp3) is 0.500. The van der Waals surface area contributed by atoms with E-state index in [0.29, 0.717) is 12.1 Å². The van der Waals surface area contributed by atoms with E-state index >= 15 is 0 Å². The number of nitrogens with one attached hydrogen (secondary N) is 2. The normalized spacial score (nSPS) is 11.8. The summed E-state index contributed by atoms with van der Waals surface area (Å²) in [4.78, 5) is 4.55. The lowest BCUT2D eigenvalue weighted by atomic mass is 10.1. The molecule has 30 heavy (non-hydrogen) atoms. The van der Waals surface area contributed by atoms with Crippen LogP contribution in [0.3, 0.4) is 0 Å². The Morgan fingerprint density at radius 3 is 2.47 bits per heavy atom. The molecule has 0 fully saturated rings. The molecule has 0 aliphatic rings. The van der Waals surface area contributed by atoms with Gasteiger partial charge < -0.3 is 15.4 Å². The summed E-state index contributed by atoms with van der Waals surface area (Å²) in [6, 6.07) is 7.21. The summed E-state index contributed by atoms with van der Waals surface area (Å²) in [6.07, 6.45) is 0.462. The number of rotatable bonds is 10. The molecule has 0 bridgehead atoms. The molecule has 0 aliphatic heterocycles. The molecule has 0 saturated carbocycles.